The van der Waals surface area contributed by atoms with Crippen LogP contribution >= 0.6 is 0 Å². The summed E-state index contributed by atoms with van der Waals surface area (Å²) in [5.41, 5.74) is 4.22. The largest absolute Gasteiger partial charge is 0.368 e. The molecule has 1 aromatic heterocycles. The van der Waals surface area contributed by atoms with Gasteiger partial charge in [0, 0.05) is 75.7 Å². The highest BCUT2D eigenvalue weighted by atomic mass is 16.2. The second kappa shape index (κ2) is 8.19. The highest BCUT2D eigenvalue weighted by Gasteiger charge is 2.31. The minimum absolute atomic E-state index is 0.0802. The van der Waals surface area contributed by atoms with Crippen LogP contribution in [0.2, 0.25) is 0 Å². The zero-order valence-electron chi connectivity index (χ0n) is 16.7. The Bertz CT molecular complexity index is 836. The van der Waals surface area contributed by atoms with Gasteiger partial charge >= 0.3 is 0 Å². The van der Waals surface area contributed by atoms with E-state index in [4.69, 9.17) is 5.10 Å². The van der Waals surface area contributed by atoms with Gasteiger partial charge in [0.2, 0.25) is 0 Å². The van der Waals surface area contributed by atoms with E-state index in [0.717, 1.165) is 64.3 Å². The Morgan fingerprint density at radius 3 is 2.57 bits per heavy atom. The van der Waals surface area contributed by atoms with Crippen LogP contribution in [0, 0.1) is 0 Å². The fourth-order valence-corrected chi connectivity index (χ4v) is 4.27. The summed E-state index contributed by atoms with van der Waals surface area (Å²) in [6.45, 7) is 12.6. The van der Waals surface area contributed by atoms with Gasteiger partial charge in [-0.05, 0) is 19.1 Å². The molecule has 0 bridgehead atoms. The van der Waals surface area contributed by atoms with Gasteiger partial charge in [0.25, 0.3) is 5.91 Å². The van der Waals surface area contributed by atoms with E-state index in [-0.39, 0.29) is 5.91 Å². The molecule has 1 aromatic carbocycles. The number of para-hydroxylation sites is 1. The van der Waals surface area contributed by atoms with Crippen LogP contribution in [0.4, 0.5) is 5.69 Å². The summed E-state index contributed by atoms with van der Waals surface area (Å²) in [6, 6.07) is 10.4. The first-order valence-corrected chi connectivity index (χ1v) is 10.2. The van der Waals surface area contributed by atoms with Gasteiger partial charge in [-0.2, -0.15) is 5.10 Å². The van der Waals surface area contributed by atoms with Gasteiger partial charge in [0.1, 0.15) is 0 Å². The summed E-state index contributed by atoms with van der Waals surface area (Å²) in [5.74, 6) is 0.0802. The summed E-state index contributed by atoms with van der Waals surface area (Å²) in [7, 11) is 0. The molecule has 0 N–H and O–H groups in total. The first-order valence-electron chi connectivity index (χ1n) is 10.2. The zero-order chi connectivity index (χ0) is 19.5. The third-order valence-electron chi connectivity index (χ3n) is 5.79. The van der Waals surface area contributed by atoms with Crippen LogP contribution in [0.15, 0.2) is 43.0 Å². The molecule has 1 saturated heterocycles. The lowest BCUT2D eigenvalue weighted by atomic mass is 10.0. The molecular weight excluding hydrogens is 350 g/mol. The molecule has 1 fully saturated rings. The van der Waals surface area contributed by atoms with E-state index in [1.54, 1.807) is 0 Å². The van der Waals surface area contributed by atoms with Gasteiger partial charge < -0.3 is 9.80 Å². The zero-order valence-corrected chi connectivity index (χ0v) is 16.7. The van der Waals surface area contributed by atoms with Crippen LogP contribution in [-0.2, 0) is 19.5 Å². The van der Waals surface area contributed by atoms with Gasteiger partial charge in [-0.1, -0.05) is 24.3 Å². The van der Waals surface area contributed by atoms with E-state index >= 15 is 0 Å². The SMILES string of the molecule is C=CCN1CCc2c(c(C(=O)N3CCN(c4ccccc4)CC3)nn2CC)C1. The molecule has 0 atom stereocenters. The van der Waals surface area contributed by atoms with Crippen LogP contribution in [0.1, 0.15) is 28.7 Å². The van der Waals surface area contributed by atoms with Crippen molar-refractivity contribution in [2.24, 2.45) is 0 Å². The molecule has 0 unspecified atom stereocenters. The Morgan fingerprint density at radius 1 is 1.14 bits per heavy atom. The Kier molecular flexibility index (Phi) is 5.48. The molecule has 1 amide bonds. The van der Waals surface area contributed by atoms with Crippen LogP contribution in [0.3, 0.4) is 0 Å². The topological polar surface area (TPSA) is 44.6 Å². The number of anilines is 1. The first kappa shape index (κ1) is 18.7. The van der Waals surface area contributed by atoms with Crippen molar-refractivity contribution < 1.29 is 4.79 Å². The van der Waals surface area contributed by atoms with Gasteiger partial charge in [-0.15, -0.1) is 6.58 Å². The lowest BCUT2D eigenvalue weighted by Gasteiger charge is -2.36. The highest BCUT2D eigenvalue weighted by Crippen LogP contribution is 2.25. The van der Waals surface area contributed by atoms with Crippen molar-refractivity contribution in [2.75, 3.05) is 44.2 Å². The number of nitrogens with zero attached hydrogens (tertiary/aromatic N) is 5. The van der Waals surface area contributed by atoms with Crippen LogP contribution in [0.25, 0.3) is 0 Å². The number of piperazine rings is 1. The number of benzene rings is 1. The number of carbonyl (C=O) groups is 1. The first-order chi connectivity index (χ1) is 13.7. The number of fused-ring (bicyclic) bond motifs is 1. The van der Waals surface area contributed by atoms with Crippen molar-refractivity contribution in [1.29, 1.82) is 0 Å². The lowest BCUT2D eigenvalue weighted by molar-refractivity contribution is 0.0737. The molecule has 2 aromatic rings. The maximum absolute atomic E-state index is 13.3. The number of aryl methyl sites for hydroxylation is 1. The minimum atomic E-state index is 0.0802. The van der Waals surface area contributed by atoms with Crippen LogP contribution in [0.5, 0.6) is 0 Å². The summed E-state index contributed by atoms with van der Waals surface area (Å²) in [4.78, 5) is 19.9. The van der Waals surface area contributed by atoms with Crippen molar-refractivity contribution in [3.8, 4) is 0 Å². The number of rotatable bonds is 5. The molecule has 6 nitrogen and oxygen atoms in total. The lowest BCUT2D eigenvalue weighted by Crippen LogP contribution is -2.49. The van der Waals surface area contributed by atoms with Crippen LogP contribution < -0.4 is 4.90 Å². The van der Waals surface area contributed by atoms with Crippen molar-refractivity contribution in [1.82, 2.24) is 19.6 Å². The normalized spacial score (nSPS) is 17.5. The number of carbonyl (C=O) groups excluding carboxylic acids is 1. The van der Waals surface area contributed by atoms with E-state index in [2.05, 4.69) is 47.6 Å². The average molecular weight is 380 g/mol. The smallest absolute Gasteiger partial charge is 0.274 e. The molecule has 6 heteroatoms. The van der Waals surface area contributed by atoms with Gasteiger partial charge in [0.15, 0.2) is 5.69 Å². The number of hydrogen-bond acceptors (Lipinski definition) is 4. The summed E-state index contributed by atoms with van der Waals surface area (Å²) in [5, 5.41) is 4.72. The van der Waals surface area contributed by atoms with E-state index < -0.39 is 0 Å². The molecule has 148 valence electrons. The van der Waals surface area contributed by atoms with Crippen LogP contribution in [-0.4, -0.2) is 64.8 Å². The third kappa shape index (κ3) is 3.56. The Balaban J connectivity index is 1.50. The van der Waals surface area contributed by atoms with E-state index in [1.807, 2.05) is 21.7 Å². The minimum Gasteiger partial charge on any atom is -0.368 e. The molecular formula is C22H29N5O. The number of hydrogen-bond donors (Lipinski definition) is 0. The summed E-state index contributed by atoms with van der Waals surface area (Å²) < 4.78 is 2.02. The van der Waals surface area contributed by atoms with Gasteiger partial charge in [-0.3, -0.25) is 14.4 Å². The molecule has 0 saturated carbocycles. The second-order valence-electron chi connectivity index (χ2n) is 7.48. The van der Waals surface area contributed by atoms with Gasteiger partial charge in [0.05, 0.1) is 0 Å². The molecule has 0 aliphatic carbocycles. The van der Waals surface area contributed by atoms with E-state index in [9.17, 15) is 4.79 Å². The third-order valence-corrected chi connectivity index (χ3v) is 5.79. The molecule has 2 aliphatic rings. The number of amides is 1. The predicted octanol–water partition coefficient (Wildman–Crippen LogP) is 2.41. The monoisotopic (exact) mass is 379 g/mol. The fourth-order valence-electron chi connectivity index (χ4n) is 4.27. The second-order valence-corrected chi connectivity index (χ2v) is 7.48. The molecule has 4 rings (SSSR count). The van der Waals surface area contributed by atoms with Crippen molar-refractivity contribution in [3.63, 3.8) is 0 Å². The molecule has 3 heterocycles. The average Bonchev–Trinajstić information content (AvgIpc) is 3.12. The predicted molar refractivity (Wildman–Crippen MR) is 112 cm³/mol. The quantitative estimate of drug-likeness (QED) is 0.749. The number of aromatic nitrogens is 2. The molecule has 2 aliphatic heterocycles. The van der Waals surface area contributed by atoms with E-state index in [0.29, 0.717) is 5.69 Å². The Hall–Kier alpha value is -2.60. The summed E-state index contributed by atoms with van der Waals surface area (Å²) in [6.07, 6.45) is 2.87. The maximum Gasteiger partial charge on any atom is 0.274 e. The highest BCUT2D eigenvalue weighted by molar-refractivity contribution is 5.94. The molecule has 28 heavy (non-hydrogen) atoms. The molecule has 0 radical (unpaired) electrons. The van der Waals surface area contributed by atoms with Gasteiger partial charge in [-0.25, -0.2) is 0 Å². The van der Waals surface area contributed by atoms with Crippen molar-refractivity contribution in [2.45, 2.75) is 26.4 Å². The Labute approximate surface area is 167 Å². The van der Waals surface area contributed by atoms with Crippen molar-refractivity contribution >= 4 is 11.6 Å². The molecule has 0 spiro atoms. The Morgan fingerprint density at radius 2 is 1.89 bits per heavy atom. The fraction of sp³-hybridized carbons (Fsp3) is 0.455. The standard InChI is InChI=1S/C22H29N5O/c1-3-11-24-12-10-20-19(17-24)21(23-27(20)4-2)22(28)26-15-13-25(14-16-26)18-8-6-5-7-9-18/h3,5-9H,1,4,10-17H2,2H3. The van der Waals surface area contributed by atoms with E-state index in [1.165, 1.54) is 11.4 Å². The maximum atomic E-state index is 13.3. The summed E-state index contributed by atoms with van der Waals surface area (Å²) >= 11 is 0. The van der Waals surface area contributed by atoms with Crippen molar-refractivity contribution in [3.05, 3.63) is 59.9 Å².